The van der Waals surface area contributed by atoms with Gasteiger partial charge in [-0.1, -0.05) is 25.7 Å². The molecule has 3 atom stereocenters. The highest BCUT2D eigenvalue weighted by atomic mass is 16.7. The van der Waals surface area contributed by atoms with Crippen LogP contribution in [0.3, 0.4) is 0 Å². The molecule has 0 amide bonds. The van der Waals surface area contributed by atoms with Crippen LogP contribution in [-0.2, 0) is 19.0 Å². The van der Waals surface area contributed by atoms with Gasteiger partial charge in [0.2, 0.25) is 5.79 Å². The van der Waals surface area contributed by atoms with Crippen molar-refractivity contribution in [3.8, 4) is 23.7 Å². The summed E-state index contributed by atoms with van der Waals surface area (Å²) in [5.74, 6) is 9.64. The predicted molar refractivity (Wildman–Crippen MR) is 88.3 cm³/mol. The van der Waals surface area contributed by atoms with Crippen molar-refractivity contribution < 1.29 is 24.1 Å². The molecule has 0 saturated carbocycles. The fourth-order valence-corrected chi connectivity index (χ4v) is 2.77. The molecule has 0 aromatic heterocycles. The molecular formula is C19H24O5. The molecule has 0 aliphatic carbocycles. The zero-order chi connectivity index (χ0) is 17.6. The van der Waals surface area contributed by atoms with Gasteiger partial charge in [0.05, 0.1) is 6.61 Å². The van der Waals surface area contributed by atoms with Gasteiger partial charge < -0.3 is 19.3 Å². The number of allylic oxidation sites excluding steroid dienone is 1. The Morgan fingerprint density at radius 3 is 2.88 bits per heavy atom. The Morgan fingerprint density at radius 1 is 1.46 bits per heavy atom. The maximum Gasteiger partial charge on any atom is 0.306 e. The lowest BCUT2D eigenvalue weighted by Crippen LogP contribution is -2.48. The molecule has 2 aliphatic rings. The van der Waals surface area contributed by atoms with Crippen LogP contribution in [0.5, 0.6) is 0 Å². The molecule has 0 unspecified atom stereocenters. The van der Waals surface area contributed by atoms with Gasteiger partial charge in [0.25, 0.3) is 0 Å². The first-order valence-corrected chi connectivity index (χ1v) is 8.31. The van der Waals surface area contributed by atoms with Crippen LogP contribution < -0.4 is 0 Å². The number of aliphatic hydroxyl groups is 1. The van der Waals surface area contributed by atoms with Crippen LogP contribution in [0.15, 0.2) is 11.8 Å². The van der Waals surface area contributed by atoms with Crippen LogP contribution in [0.25, 0.3) is 0 Å². The van der Waals surface area contributed by atoms with E-state index < -0.39 is 18.0 Å². The average molecular weight is 332 g/mol. The number of ether oxygens (including phenoxy) is 3. The standard InChI is InChI=1S/C19H24O5/c1-4-5-6-7-10-15-17(23-16(20)13-14(2)3)18(21)19(24-15)11-8-9-12-22-19/h10,14,17-18,21H,8-9,11-13H2,1-3H3/b15-10+/t17-,18+,19+/m0/s1. The average Bonchev–Trinajstić information content (AvgIpc) is 2.77. The van der Waals surface area contributed by atoms with Crippen LogP contribution in [0.4, 0.5) is 0 Å². The second-order valence-corrected chi connectivity index (χ2v) is 6.36. The van der Waals surface area contributed by atoms with Gasteiger partial charge >= 0.3 is 5.97 Å². The molecule has 5 heteroatoms. The van der Waals surface area contributed by atoms with E-state index >= 15 is 0 Å². The van der Waals surface area contributed by atoms with E-state index in [1.54, 1.807) is 6.92 Å². The first kappa shape index (κ1) is 18.4. The highest BCUT2D eigenvalue weighted by Gasteiger charge is 2.56. The Bertz CT molecular complexity index is 605. The molecule has 5 nitrogen and oxygen atoms in total. The first-order chi connectivity index (χ1) is 11.5. The minimum Gasteiger partial charge on any atom is -0.459 e. The van der Waals surface area contributed by atoms with E-state index in [-0.39, 0.29) is 18.3 Å². The number of carbonyl (C=O) groups excluding carboxylic acids is 1. The largest absolute Gasteiger partial charge is 0.459 e. The molecule has 24 heavy (non-hydrogen) atoms. The summed E-state index contributed by atoms with van der Waals surface area (Å²) < 4.78 is 17.0. The lowest BCUT2D eigenvalue weighted by atomic mass is 9.98. The molecule has 0 aromatic rings. The number of hydrogen-bond acceptors (Lipinski definition) is 5. The molecule has 2 fully saturated rings. The van der Waals surface area contributed by atoms with Gasteiger partial charge in [-0.2, -0.15) is 0 Å². The first-order valence-electron chi connectivity index (χ1n) is 8.31. The summed E-state index contributed by atoms with van der Waals surface area (Å²) in [6.45, 7) is 6.06. The molecule has 2 heterocycles. The van der Waals surface area contributed by atoms with Crippen molar-refractivity contribution in [3.05, 3.63) is 11.8 Å². The van der Waals surface area contributed by atoms with Crippen molar-refractivity contribution >= 4 is 5.97 Å². The van der Waals surface area contributed by atoms with Crippen LogP contribution in [0, 0.1) is 29.6 Å². The van der Waals surface area contributed by atoms with Crippen molar-refractivity contribution in [2.75, 3.05) is 6.61 Å². The minimum atomic E-state index is -1.15. The number of hydrogen-bond donors (Lipinski definition) is 1. The van der Waals surface area contributed by atoms with Gasteiger partial charge in [-0.25, -0.2) is 0 Å². The Hall–Kier alpha value is -1.95. The molecule has 2 rings (SSSR count). The molecule has 2 saturated heterocycles. The van der Waals surface area contributed by atoms with Gasteiger partial charge in [-0.3, -0.25) is 4.79 Å². The summed E-state index contributed by atoms with van der Waals surface area (Å²) in [4.78, 5) is 12.0. The van der Waals surface area contributed by atoms with Gasteiger partial charge in [-0.15, -0.1) is 0 Å². The van der Waals surface area contributed by atoms with Crippen molar-refractivity contribution in [2.24, 2.45) is 5.92 Å². The Labute approximate surface area is 143 Å². The molecular weight excluding hydrogens is 308 g/mol. The Morgan fingerprint density at radius 2 is 2.25 bits per heavy atom. The number of aliphatic hydroxyl groups excluding tert-OH is 1. The van der Waals surface area contributed by atoms with Gasteiger partial charge in [0, 0.05) is 18.9 Å². The second-order valence-electron chi connectivity index (χ2n) is 6.36. The fourth-order valence-electron chi connectivity index (χ4n) is 2.77. The van der Waals surface area contributed by atoms with E-state index in [0.29, 0.717) is 18.8 Å². The summed E-state index contributed by atoms with van der Waals surface area (Å²) in [6.07, 6.45) is 2.14. The maximum absolute atomic E-state index is 12.0. The quantitative estimate of drug-likeness (QED) is 0.634. The third kappa shape index (κ3) is 4.32. The topological polar surface area (TPSA) is 65.0 Å². The summed E-state index contributed by atoms with van der Waals surface area (Å²) >= 11 is 0. The highest BCUT2D eigenvalue weighted by Crippen LogP contribution is 2.42. The number of esters is 1. The van der Waals surface area contributed by atoms with Crippen molar-refractivity contribution in [1.29, 1.82) is 0 Å². The summed E-state index contributed by atoms with van der Waals surface area (Å²) in [6, 6.07) is 0. The monoisotopic (exact) mass is 332 g/mol. The molecule has 0 bridgehead atoms. The van der Waals surface area contributed by atoms with E-state index in [9.17, 15) is 9.90 Å². The minimum absolute atomic E-state index is 0.170. The lowest BCUT2D eigenvalue weighted by Gasteiger charge is -2.34. The third-order valence-corrected chi connectivity index (χ3v) is 3.88. The van der Waals surface area contributed by atoms with E-state index in [1.165, 1.54) is 6.08 Å². The highest BCUT2D eigenvalue weighted by molar-refractivity contribution is 5.70. The smallest absolute Gasteiger partial charge is 0.306 e. The van der Waals surface area contributed by atoms with E-state index in [4.69, 9.17) is 14.2 Å². The summed E-state index contributed by atoms with van der Waals surface area (Å²) in [5.41, 5.74) is 0. The Kier molecular flexibility index (Phi) is 6.31. The molecule has 1 spiro atoms. The molecule has 130 valence electrons. The van der Waals surface area contributed by atoms with Crippen molar-refractivity contribution in [3.63, 3.8) is 0 Å². The van der Waals surface area contributed by atoms with Crippen molar-refractivity contribution in [2.45, 2.75) is 64.4 Å². The molecule has 0 radical (unpaired) electrons. The van der Waals surface area contributed by atoms with Crippen LogP contribution >= 0.6 is 0 Å². The fraction of sp³-hybridized carbons (Fsp3) is 0.632. The maximum atomic E-state index is 12.0. The zero-order valence-corrected chi connectivity index (χ0v) is 14.4. The predicted octanol–water partition coefficient (Wildman–Crippen LogP) is 2.14. The van der Waals surface area contributed by atoms with Crippen molar-refractivity contribution in [1.82, 2.24) is 0 Å². The van der Waals surface area contributed by atoms with Crippen LogP contribution in [0.2, 0.25) is 0 Å². The summed E-state index contributed by atoms with van der Waals surface area (Å²) in [7, 11) is 0. The normalized spacial score (nSPS) is 30.3. The zero-order valence-electron chi connectivity index (χ0n) is 14.4. The molecule has 1 N–H and O–H groups in total. The van der Waals surface area contributed by atoms with Crippen LogP contribution in [0.1, 0.15) is 46.5 Å². The van der Waals surface area contributed by atoms with Gasteiger partial charge in [-0.05, 0) is 37.5 Å². The van der Waals surface area contributed by atoms with E-state index in [1.807, 2.05) is 13.8 Å². The van der Waals surface area contributed by atoms with E-state index in [0.717, 1.165) is 12.8 Å². The second kappa shape index (κ2) is 8.24. The Balaban J connectivity index is 2.22. The number of carbonyl (C=O) groups is 1. The van der Waals surface area contributed by atoms with Crippen LogP contribution in [-0.4, -0.2) is 35.7 Å². The lowest BCUT2D eigenvalue weighted by molar-refractivity contribution is -0.258. The number of rotatable bonds is 3. The third-order valence-electron chi connectivity index (χ3n) is 3.88. The SMILES string of the molecule is CC#CC#C/C=C1/O[C@]2(CCCCO2)[C@H](O)[C@H]1OC(=O)CC(C)C. The van der Waals surface area contributed by atoms with Gasteiger partial charge in [0.1, 0.15) is 0 Å². The van der Waals surface area contributed by atoms with E-state index in [2.05, 4.69) is 23.7 Å². The van der Waals surface area contributed by atoms with Gasteiger partial charge in [0.15, 0.2) is 18.0 Å². The summed E-state index contributed by atoms with van der Waals surface area (Å²) in [5, 5.41) is 10.7. The molecule has 0 aromatic carbocycles. The molecule has 2 aliphatic heterocycles.